The van der Waals surface area contributed by atoms with Crippen molar-refractivity contribution < 1.29 is 14.6 Å². The summed E-state index contributed by atoms with van der Waals surface area (Å²) < 4.78 is 10.7. The number of hydrogen-bond donors (Lipinski definition) is 1. The number of alkyl halides is 1. The Balaban J connectivity index is 3.29. The summed E-state index contributed by atoms with van der Waals surface area (Å²) in [5.74, 6) is 0.548. The Labute approximate surface area is 104 Å². The average molecular weight is 253 g/mol. The van der Waals surface area contributed by atoms with Gasteiger partial charge in [0.05, 0.1) is 32.5 Å². The molecule has 1 atom stereocenters. The van der Waals surface area contributed by atoms with Gasteiger partial charge in [0.25, 0.3) is 0 Å². The van der Waals surface area contributed by atoms with E-state index in [0.717, 1.165) is 6.42 Å². The first-order valence-corrected chi connectivity index (χ1v) is 6.74. The molecule has 0 rings (SSSR count). The molecule has 1 N–H and O–H groups in total. The van der Waals surface area contributed by atoms with Crippen molar-refractivity contribution in [3.8, 4) is 0 Å². The Morgan fingerprint density at radius 1 is 1.12 bits per heavy atom. The molecule has 0 bridgehead atoms. The highest BCUT2D eigenvalue weighted by Crippen LogP contribution is 2.09. The van der Waals surface area contributed by atoms with E-state index in [1.54, 1.807) is 0 Å². The minimum Gasteiger partial charge on any atom is -0.394 e. The molecular formula is C12H25ClO3. The van der Waals surface area contributed by atoms with Gasteiger partial charge in [-0.3, -0.25) is 0 Å². The van der Waals surface area contributed by atoms with Crippen LogP contribution in [0.5, 0.6) is 0 Å². The summed E-state index contributed by atoms with van der Waals surface area (Å²) >= 11 is 5.81. The van der Waals surface area contributed by atoms with Crippen molar-refractivity contribution in [2.24, 2.45) is 0 Å². The monoisotopic (exact) mass is 252 g/mol. The van der Waals surface area contributed by atoms with Crippen molar-refractivity contribution in [2.45, 2.75) is 45.1 Å². The largest absolute Gasteiger partial charge is 0.394 e. The van der Waals surface area contributed by atoms with Crippen LogP contribution in [-0.4, -0.2) is 43.5 Å². The van der Waals surface area contributed by atoms with E-state index in [-0.39, 0.29) is 12.7 Å². The van der Waals surface area contributed by atoms with Gasteiger partial charge < -0.3 is 14.6 Å². The summed E-state index contributed by atoms with van der Waals surface area (Å²) in [6.07, 6.45) is 6.16. The van der Waals surface area contributed by atoms with Crippen LogP contribution in [0.3, 0.4) is 0 Å². The highest BCUT2D eigenvalue weighted by Gasteiger charge is 2.06. The number of unbranched alkanes of at least 4 members (excludes halogenated alkanes) is 3. The maximum Gasteiger partial charge on any atom is 0.0711 e. The second-order valence-corrected chi connectivity index (χ2v) is 4.14. The molecule has 0 aromatic carbocycles. The molecule has 0 spiro atoms. The zero-order chi connectivity index (χ0) is 12.1. The Kier molecular flexibility index (Phi) is 13.4. The Hall–Kier alpha value is 0.170. The molecule has 0 aliphatic heterocycles. The number of aliphatic hydroxyl groups is 1. The van der Waals surface area contributed by atoms with Crippen molar-refractivity contribution in [1.29, 1.82) is 0 Å². The molecule has 0 saturated carbocycles. The fraction of sp³-hybridized carbons (Fsp3) is 1.00. The van der Waals surface area contributed by atoms with Crippen LogP contribution >= 0.6 is 11.6 Å². The average Bonchev–Trinajstić information content (AvgIpc) is 2.31. The minimum atomic E-state index is 0.0654. The fourth-order valence-electron chi connectivity index (χ4n) is 1.44. The third kappa shape index (κ3) is 10.7. The molecule has 4 heteroatoms. The predicted octanol–water partition coefficient (Wildman–Crippen LogP) is 2.59. The number of rotatable bonds is 12. The molecule has 0 radical (unpaired) electrons. The van der Waals surface area contributed by atoms with Crippen LogP contribution in [0, 0.1) is 0 Å². The maximum atomic E-state index is 8.50. The Morgan fingerprint density at radius 3 is 2.56 bits per heavy atom. The molecule has 98 valence electrons. The van der Waals surface area contributed by atoms with Crippen molar-refractivity contribution in [3.05, 3.63) is 0 Å². The summed E-state index contributed by atoms with van der Waals surface area (Å²) in [6, 6.07) is 0. The van der Waals surface area contributed by atoms with Gasteiger partial charge in [-0.15, -0.1) is 11.6 Å². The zero-order valence-corrected chi connectivity index (χ0v) is 11.0. The van der Waals surface area contributed by atoms with Crippen LogP contribution in [-0.2, 0) is 9.47 Å². The first kappa shape index (κ1) is 16.2. The topological polar surface area (TPSA) is 38.7 Å². The molecule has 0 fully saturated rings. The van der Waals surface area contributed by atoms with Crippen molar-refractivity contribution in [2.75, 3.05) is 32.3 Å². The summed E-state index contributed by atoms with van der Waals surface area (Å²) in [5, 5.41) is 8.50. The van der Waals surface area contributed by atoms with Crippen molar-refractivity contribution in [3.63, 3.8) is 0 Å². The summed E-state index contributed by atoms with van der Waals surface area (Å²) in [6.45, 7) is 3.74. The van der Waals surface area contributed by atoms with Crippen LogP contribution in [0.4, 0.5) is 0 Å². The van der Waals surface area contributed by atoms with Crippen molar-refractivity contribution >= 4 is 11.6 Å². The third-order valence-electron chi connectivity index (χ3n) is 2.37. The molecule has 0 heterocycles. The molecule has 0 aliphatic rings. The molecule has 16 heavy (non-hydrogen) atoms. The standard InChI is InChI=1S/C12H25ClO3/c1-2-3-4-5-6-12(11-13)16-10-9-15-8-7-14/h12,14H,2-11H2,1H3/t12-/m0/s1. The molecule has 0 saturated heterocycles. The zero-order valence-electron chi connectivity index (χ0n) is 10.3. The van der Waals surface area contributed by atoms with E-state index in [0.29, 0.717) is 25.7 Å². The van der Waals surface area contributed by atoms with Gasteiger partial charge in [0.1, 0.15) is 0 Å². The van der Waals surface area contributed by atoms with Crippen molar-refractivity contribution in [1.82, 2.24) is 0 Å². The SMILES string of the molecule is CCCCCC[C@@H](CCl)OCCOCCO. The molecule has 0 aromatic heterocycles. The molecule has 0 aliphatic carbocycles. The van der Waals surface area contributed by atoms with Crippen LogP contribution in [0.2, 0.25) is 0 Å². The third-order valence-corrected chi connectivity index (χ3v) is 2.71. The predicted molar refractivity (Wildman–Crippen MR) is 67.1 cm³/mol. The molecular weight excluding hydrogens is 228 g/mol. The molecule has 0 unspecified atom stereocenters. The lowest BCUT2D eigenvalue weighted by molar-refractivity contribution is 0.00203. The van der Waals surface area contributed by atoms with E-state index in [4.69, 9.17) is 26.2 Å². The van der Waals surface area contributed by atoms with E-state index in [1.807, 2.05) is 0 Å². The Bertz CT molecular complexity index is 133. The highest BCUT2D eigenvalue weighted by atomic mass is 35.5. The van der Waals surface area contributed by atoms with Gasteiger partial charge in [0.2, 0.25) is 0 Å². The van der Waals surface area contributed by atoms with E-state index in [2.05, 4.69) is 6.92 Å². The first-order chi connectivity index (χ1) is 7.85. The normalized spacial score (nSPS) is 12.9. The van der Waals surface area contributed by atoms with Gasteiger partial charge in [0, 0.05) is 5.88 Å². The second-order valence-electron chi connectivity index (χ2n) is 3.83. The van der Waals surface area contributed by atoms with E-state index in [1.165, 1.54) is 25.7 Å². The highest BCUT2D eigenvalue weighted by molar-refractivity contribution is 6.18. The lowest BCUT2D eigenvalue weighted by Crippen LogP contribution is -2.18. The van der Waals surface area contributed by atoms with Crippen LogP contribution in [0.25, 0.3) is 0 Å². The first-order valence-electron chi connectivity index (χ1n) is 6.21. The van der Waals surface area contributed by atoms with Gasteiger partial charge >= 0.3 is 0 Å². The summed E-state index contributed by atoms with van der Waals surface area (Å²) in [7, 11) is 0. The molecule has 0 amide bonds. The number of ether oxygens (including phenoxy) is 2. The van der Waals surface area contributed by atoms with Gasteiger partial charge in [-0.05, 0) is 6.42 Å². The van der Waals surface area contributed by atoms with Crippen LogP contribution in [0.1, 0.15) is 39.0 Å². The summed E-state index contributed by atoms with van der Waals surface area (Å²) in [4.78, 5) is 0. The van der Waals surface area contributed by atoms with E-state index < -0.39 is 0 Å². The van der Waals surface area contributed by atoms with E-state index in [9.17, 15) is 0 Å². The van der Waals surface area contributed by atoms with Gasteiger partial charge in [-0.25, -0.2) is 0 Å². The summed E-state index contributed by atoms with van der Waals surface area (Å²) in [5.41, 5.74) is 0. The number of halogens is 1. The van der Waals surface area contributed by atoms with Crippen LogP contribution in [0.15, 0.2) is 0 Å². The van der Waals surface area contributed by atoms with Gasteiger partial charge in [0.15, 0.2) is 0 Å². The maximum absolute atomic E-state index is 8.50. The minimum absolute atomic E-state index is 0.0654. The quantitative estimate of drug-likeness (QED) is 0.429. The Morgan fingerprint density at radius 2 is 1.94 bits per heavy atom. The second kappa shape index (κ2) is 13.2. The molecule has 0 aromatic rings. The van der Waals surface area contributed by atoms with Gasteiger partial charge in [-0.2, -0.15) is 0 Å². The molecule has 3 nitrogen and oxygen atoms in total. The smallest absolute Gasteiger partial charge is 0.0711 e. The fourth-order valence-corrected chi connectivity index (χ4v) is 1.69. The van der Waals surface area contributed by atoms with Crippen LogP contribution < -0.4 is 0 Å². The number of aliphatic hydroxyl groups excluding tert-OH is 1. The van der Waals surface area contributed by atoms with E-state index >= 15 is 0 Å². The lowest BCUT2D eigenvalue weighted by atomic mass is 10.1. The van der Waals surface area contributed by atoms with Gasteiger partial charge in [-0.1, -0.05) is 32.6 Å². The lowest BCUT2D eigenvalue weighted by Gasteiger charge is -2.15. The number of hydrogen-bond acceptors (Lipinski definition) is 3.